The molecule has 0 radical (unpaired) electrons. The third-order valence-corrected chi connectivity index (χ3v) is 6.07. The van der Waals surface area contributed by atoms with Crippen LogP contribution in [0.2, 0.25) is 0 Å². The molecule has 11 heteroatoms. The van der Waals surface area contributed by atoms with Crippen LogP contribution in [-0.2, 0) is 22.3 Å². The molecule has 0 saturated carbocycles. The molecule has 1 aliphatic heterocycles. The number of nitrogens with one attached hydrogen (secondary N) is 3. The molecule has 188 valence electrons. The SMILES string of the molecule is CC(C)(C)c1ccc(C(=O)N[C@]2(C(F)(F)F)C(=O)Nc3c2c(=O)[nH]c(=O)n3Cc2ccccc2)cc1. The molecule has 0 aliphatic carbocycles. The van der Waals surface area contributed by atoms with Crippen LogP contribution in [0, 0.1) is 0 Å². The summed E-state index contributed by atoms with van der Waals surface area (Å²) in [4.78, 5) is 52.9. The quantitative estimate of drug-likeness (QED) is 0.511. The smallest absolute Gasteiger partial charge is 0.326 e. The van der Waals surface area contributed by atoms with Gasteiger partial charge in [0, 0.05) is 5.56 Å². The molecule has 0 fully saturated rings. The number of fused-ring (bicyclic) bond motifs is 1. The highest BCUT2D eigenvalue weighted by Gasteiger charge is 2.68. The summed E-state index contributed by atoms with van der Waals surface area (Å²) < 4.78 is 44.5. The van der Waals surface area contributed by atoms with Gasteiger partial charge in [-0.3, -0.25) is 23.9 Å². The summed E-state index contributed by atoms with van der Waals surface area (Å²) in [6, 6.07) is 14.2. The number of H-pyrrole nitrogens is 1. The van der Waals surface area contributed by atoms with Crippen LogP contribution in [0.5, 0.6) is 0 Å². The summed E-state index contributed by atoms with van der Waals surface area (Å²) in [5.74, 6) is -3.53. The van der Waals surface area contributed by atoms with Crippen molar-refractivity contribution < 1.29 is 22.8 Å². The van der Waals surface area contributed by atoms with E-state index in [1.165, 1.54) is 12.1 Å². The molecule has 0 spiro atoms. The molecule has 1 aliphatic rings. The lowest BCUT2D eigenvalue weighted by atomic mass is 9.86. The Morgan fingerprint density at radius 2 is 1.58 bits per heavy atom. The molecule has 1 aromatic heterocycles. The van der Waals surface area contributed by atoms with Crippen LogP contribution < -0.4 is 21.9 Å². The van der Waals surface area contributed by atoms with E-state index in [4.69, 9.17) is 0 Å². The zero-order valence-corrected chi connectivity index (χ0v) is 19.6. The molecule has 1 atom stereocenters. The molecule has 0 saturated heterocycles. The lowest BCUT2D eigenvalue weighted by Crippen LogP contribution is -2.62. The highest BCUT2D eigenvalue weighted by atomic mass is 19.4. The second kappa shape index (κ2) is 8.51. The maximum absolute atomic E-state index is 14.6. The maximum atomic E-state index is 14.6. The van der Waals surface area contributed by atoms with Gasteiger partial charge in [0.2, 0.25) is 0 Å². The van der Waals surface area contributed by atoms with Gasteiger partial charge in [0.1, 0.15) is 11.4 Å². The molecule has 2 amide bonds. The van der Waals surface area contributed by atoms with E-state index in [0.717, 1.165) is 10.1 Å². The Labute approximate surface area is 203 Å². The third-order valence-electron chi connectivity index (χ3n) is 6.07. The zero-order valence-electron chi connectivity index (χ0n) is 19.6. The van der Waals surface area contributed by atoms with E-state index in [-0.39, 0.29) is 17.5 Å². The van der Waals surface area contributed by atoms with Crippen molar-refractivity contribution in [3.8, 4) is 0 Å². The molecule has 4 rings (SSSR count). The van der Waals surface area contributed by atoms with Crippen LogP contribution >= 0.6 is 0 Å². The number of benzene rings is 2. The summed E-state index contributed by atoms with van der Waals surface area (Å²) in [6.45, 7) is 5.57. The highest BCUT2D eigenvalue weighted by molar-refractivity contribution is 6.09. The molecule has 3 N–H and O–H groups in total. The lowest BCUT2D eigenvalue weighted by molar-refractivity contribution is -0.196. The van der Waals surface area contributed by atoms with Crippen LogP contribution in [0.15, 0.2) is 64.2 Å². The van der Waals surface area contributed by atoms with Crippen LogP contribution in [0.1, 0.15) is 47.8 Å². The van der Waals surface area contributed by atoms with Crippen LogP contribution in [0.3, 0.4) is 0 Å². The van der Waals surface area contributed by atoms with Crippen LogP contribution in [0.25, 0.3) is 0 Å². The van der Waals surface area contributed by atoms with Gasteiger partial charge in [-0.15, -0.1) is 0 Å². The number of aromatic nitrogens is 2. The first-order chi connectivity index (χ1) is 16.8. The number of aromatic amines is 1. The molecular formula is C25H23F3N4O4. The summed E-state index contributed by atoms with van der Waals surface area (Å²) in [7, 11) is 0. The fourth-order valence-electron chi connectivity index (χ4n) is 4.11. The van der Waals surface area contributed by atoms with E-state index in [1.54, 1.807) is 47.8 Å². The van der Waals surface area contributed by atoms with Crippen molar-refractivity contribution in [2.24, 2.45) is 0 Å². The van der Waals surface area contributed by atoms with E-state index in [9.17, 15) is 32.3 Å². The van der Waals surface area contributed by atoms with E-state index in [0.29, 0.717) is 5.56 Å². The summed E-state index contributed by atoms with van der Waals surface area (Å²) in [5, 5.41) is 3.77. The number of anilines is 1. The summed E-state index contributed by atoms with van der Waals surface area (Å²) in [5.41, 5.74) is -6.27. The molecule has 8 nitrogen and oxygen atoms in total. The van der Waals surface area contributed by atoms with Crippen LogP contribution in [0.4, 0.5) is 19.0 Å². The fraction of sp³-hybridized carbons (Fsp3) is 0.280. The number of carbonyl (C=O) groups excluding carboxylic acids is 2. The second-order valence-electron chi connectivity index (χ2n) is 9.54. The van der Waals surface area contributed by atoms with Crippen molar-refractivity contribution in [3.63, 3.8) is 0 Å². The minimum atomic E-state index is -5.41. The van der Waals surface area contributed by atoms with E-state index < -0.39 is 46.2 Å². The molecular weight excluding hydrogens is 477 g/mol. The average molecular weight is 500 g/mol. The predicted molar refractivity (Wildman–Crippen MR) is 126 cm³/mol. The topological polar surface area (TPSA) is 113 Å². The second-order valence-corrected chi connectivity index (χ2v) is 9.54. The van der Waals surface area contributed by atoms with Gasteiger partial charge in [-0.2, -0.15) is 13.2 Å². The number of amides is 2. The molecule has 36 heavy (non-hydrogen) atoms. The van der Waals surface area contributed by atoms with E-state index in [1.807, 2.05) is 31.1 Å². The first kappa shape index (κ1) is 25.0. The van der Waals surface area contributed by atoms with Gasteiger partial charge in [-0.25, -0.2) is 4.79 Å². The third kappa shape index (κ3) is 4.10. The van der Waals surface area contributed by atoms with Gasteiger partial charge < -0.3 is 10.6 Å². The monoisotopic (exact) mass is 500 g/mol. The minimum Gasteiger partial charge on any atom is -0.326 e. The summed E-state index contributed by atoms with van der Waals surface area (Å²) in [6.07, 6.45) is -5.41. The maximum Gasteiger partial charge on any atom is 0.425 e. The van der Waals surface area contributed by atoms with Crippen molar-refractivity contribution >= 4 is 17.6 Å². The van der Waals surface area contributed by atoms with Crippen molar-refractivity contribution in [2.45, 2.75) is 44.4 Å². The number of hydrogen-bond acceptors (Lipinski definition) is 4. The zero-order chi connectivity index (χ0) is 26.5. The van der Waals surface area contributed by atoms with Gasteiger partial charge in [0.05, 0.1) is 6.54 Å². The molecule has 2 aromatic carbocycles. The number of halogens is 3. The van der Waals surface area contributed by atoms with Crippen molar-refractivity contribution in [1.82, 2.24) is 14.9 Å². The van der Waals surface area contributed by atoms with E-state index >= 15 is 0 Å². The minimum absolute atomic E-state index is 0.137. The number of rotatable bonds is 4. The van der Waals surface area contributed by atoms with Crippen LogP contribution in [-0.4, -0.2) is 27.5 Å². The Morgan fingerprint density at radius 3 is 2.14 bits per heavy atom. The van der Waals surface area contributed by atoms with E-state index in [2.05, 4.69) is 0 Å². The fourth-order valence-corrected chi connectivity index (χ4v) is 4.11. The van der Waals surface area contributed by atoms with Gasteiger partial charge in [0.25, 0.3) is 22.9 Å². The van der Waals surface area contributed by atoms with Crippen molar-refractivity contribution in [3.05, 3.63) is 97.7 Å². The Kier molecular flexibility index (Phi) is 5.90. The van der Waals surface area contributed by atoms with Crippen molar-refractivity contribution in [2.75, 3.05) is 5.32 Å². The molecule has 0 unspecified atom stereocenters. The Hall–Kier alpha value is -4.15. The molecule has 0 bridgehead atoms. The first-order valence-electron chi connectivity index (χ1n) is 11.0. The number of nitrogens with zero attached hydrogens (tertiary/aromatic N) is 1. The standard InChI is InChI=1S/C25H23F3N4O4/c1-23(2,3)16-11-9-15(10-12-16)19(33)31-24(25(26,27)28)17-18(29-21(24)35)32(22(36)30-20(17)34)13-14-7-5-4-6-8-14/h4-12H,13H2,1-3H3,(H,29,35)(H,31,33)(H,30,34,36)/t24-/m0/s1. The largest absolute Gasteiger partial charge is 0.425 e. The highest BCUT2D eigenvalue weighted by Crippen LogP contribution is 2.45. The average Bonchev–Trinajstić information content (AvgIpc) is 3.10. The van der Waals surface area contributed by atoms with Gasteiger partial charge in [-0.05, 0) is 28.7 Å². The van der Waals surface area contributed by atoms with Gasteiger partial charge in [-0.1, -0.05) is 63.2 Å². The lowest BCUT2D eigenvalue weighted by Gasteiger charge is -2.30. The number of alkyl halides is 3. The van der Waals surface area contributed by atoms with Crippen molar-refractivity contribution in [1.29, 1.82) is 0 Å². The summed E-state index contributed by atoms with van der Waals surface area (Å²) >= 11 is 0. The Morgan fingerprint density at radius 1 is 0.972 bits per heavy atom. The van der Waals surface area contributed by atoms with Gasteiger partial charge >= 0.3 is 11.9 Å². The van der Waals surface area contributed by atoms with Gasteiger partial charge in [0.15, 0.2) is 0 Å². The molecule has 2 heterocycles. The Balaban J connectivity index is 1.84. The predicted octanol–water partition coefficient (Wildman–Crippen LogP) is 3.02. The first-order valence-corrected chi connectivity index (χ1v) is 11.0. The normalized spacial score (nSPS) is 17.4. The number of carbonyl (C=O) groups is 2. The number of hydrogen-bond donors (Lipinski definition) is 3. The Bertz CT molecular complexity index is 1450. The molecule has 3 aromatic rings.